The van der Waals surface area contributed by atoms with E-state index in [0.29, 0.717) is 5.89 Å². The molecular weight excluding hydrogens is 609 g/mol. The fourth-order valence-corrected chi connectivity index (χ4v) is 7.26. The summed E-state index contributed by atoms with van der Waals surface area (Å²) in [4.78, 5) is 7.06. The first-order valence-electron chi connectivity index (χ1n) is 16.9. The van der Waals surface area contributed by atoms with Crippen LogP contribution in [0.3, 0.4) is 0 Å². The van der Waals surface area contributed by atoms with Crippen LogP contribution in [0.1, 0.15) is 0 Å². The molecule has 0 aliphatic rings. The number of nitrogens with zero attached hydrogens (tertiary/aromatic N) is 2. The normalized spacial score (nSPS) is 11.6. The van der Waals surface area contributed by atoms with Crippen molar-refractivity contribution in [2.24, 2.45) is 0 Å². The summed E-state index contributed by atoms with van der Waals surface area (Å²) in [6.45, 7) is 0. The van der Waals surface area contributed by atoms with Gasteiger partial charge in [-0.1, -0.05) is 109 Å². The van der Waals surface area contributed by atoms with E-state index in [4.69, 9.17) is 9.40 Å². The van der Waals surface area contributed by atoms with Crippen LogP contribution >= 0.6 is 0 Å². The molecule has 0 radical (unpaired) electrons. The summed E-state index contributed by atoms with van der Waals surface area (Å²) in [7, 11) is 0. The summed E-state index contributed by atoms with van der Waals surface area (Å²) >= 11 is 0. The van der Waals surface area contributed by atoms with Crippen molar-refractivity contribution in [3.63, 3.8) is 0 Å². The number of aromatic nitrogens is 1. The lowest BCUT2D eigenvalue weighted by Crippen LogP contribution is -2.10. The molecule has 1 heterocycles. The molecule has 0 aliphatic heterocycles. The lowest BCUT2D eigenvalue weighted by Gasteiger charge is -2.26. The number of oxazole rings is 1. The maximum Gasteiger partial charge on any atom is 0.227 e. The van der Waals surface area contributed by atoms with Gasteiger partial charge in [-0.2, -0.15) is 0 Å². The Hall–Kier alpha value is -6.71. The van der Waals surface area contributed by atoms with Crippen molar-refractivity contribution in [1.82, 2.24) is 4.98 Å². The molecular formula is C47H30N2O. The highest BCUT2D eigenvalue weighted by Crippen LogP contribution is 2.40. The molecule has 10 rings (SSSR count). The van der Waals surface area contributed by atoms with Gasteiger partial charge in [0.15, 0.2) is 5.58 Å². The highest BCUT2D eigenvalue weighted by atomic mass is 16.3. The molecule has 0 saturated carbocycles. The lowest BCUT2D eigenvalue weighted by molar-refractivity contribution is 0.620. The van der Waals surface area contributed by atoms with Crippen LogP contribution in [0, 0.1) is 0 Å². The molecule has 0 spiro atoms. The SMILES string of the molecule is c1ccc2cc(-c3ccc4cc(N(c5ccc(-c6nc7ccccc7o6)cc5)c5ccc6c(ccc7ccccc76)c5)ccc4c3)ccc2c1. The minimum atomic E-state index is 0.620. The van der Waals surface area contributed by atoms with Crippen LogP contribution in [0.25, 0.3) is 76.8 Å². The zero-order chi connectivity index (χ0) is 33.0. The number of rotatable bonds is 5. The van der Waals surface area contributed by atoms with Gasteiger partial charge in [0.2, 0.25) is 5.89 Å². The van der Waals surface area contributed by atoms with Crippen molar-refractivity contribution in [2.45, 2.75) is 0 Å². The van der Waals surface area contributed by atoms with Crippen LogP contribution in [0.5, 0.6) is 0 Å². The van der Waals surface area contributed by atoms with E-state index in [1.54, 1.807) is 0 Å². The zero-order valence-corrected chi connectivity index (χ0v) is 27.1. The van der Waals surface area contributed by atoms with Crippen molar-refractivity contribution in [1.29, 1.82) is 0 Å². The molecule has 0 atom stereocenters. The predicted molar refractivity (Wildman–Crippen MR) is 210 cm³/mol. The first-order valence-corrected chi connectivity index (χ1v) is 16.9. The summed E-state index contributed by atoms with van der Waals surface area (Å²) in [6, 6.07) is 64.9. The Morgan fingerprint density at radius 1 is 0.360 bits per heavy atom. The number of hydrogen-bond donors (Lipinski definition) is 0. The third-order valence-corrected chi connectivity index (χ3v) is 9.82. The minimum absolute atomic E-state index is 0.620. The lowest BCUT2D eigenvalue weighted by atomic mass is 9.98. The molecule has 50 heavy (non-hydrogen) atoms. The average molecular weight is 639 g/mol. The predicted octanol–water partition coefficient (Wildman–Crippen LogP) is 13.2. The van der Waals surface area contributed by atoms with Crippen LogP contribution in [0.15, 0.2) is 186 Å². The number of benzene rings is 9. The Labute approximate surface area is 289 Å². The third kappa shape index (κ3) is 4.87. The second-order valence-electron chi connectivity index (χ2n) is 12.9. The summed E-state index contributed by atoms with van der Waals surface area (Å²) in [5, 5.41) is 9.86. The van der Waals surface area contributed by atoms with E-state index >= 15 is 0 Å². The van der Waals surface area contributed by atoms with Crippen molar-refractivity contribution >= 4 is 71.3 Å². The van der Waals surface area contributed by atoms with Gasteiger partial charge in [-0.25, -0.2) is 4.98 Å². The maximum absolute atomic E-state index is 6.09. The van der Waals surface area contributed by atoms with Gasteiger partial charge in [-0.05, 0) is 127 Å². The van der Waals surface area contributed by atoms with Gasteiger partial charge in [0.1, 0.15) is 5.52 Å². The molecule has 0 fully saturated rings. The van der Waals surface area contributed by atoms with Gasteiger partial charge < -0.3 is 9.32 Å². The molecule has 0 saturated heterocycles. The van der Waals surface area contributed by atoms with Gasteiger partial charge in [0.25, 0.3) is 0 Å². The smallest absolute Gasteiger partial charge is 0.227 e. The Bertz CT molecular complexity index is 2850. The Balaban J connectivity index is 1.08. The first kappa shape index (κ1) is 28.3. The topological polar surface area (TPSA) is 29.3 Å². The van der Waals surface area contributed by atoms with E-state index in [1.807, 2.05) is 24.3 Å². The van der Waals surface area contributed by atoms with E-state index < -0.39 is 0 Å². The Morgan fingerprint density at radius 2 is 0.880 bits per heavy atom. The standard InChI is InChI=1S/C47H30N2O/c1-2-9-34-27-35(15-13-31(34)7-1)36-16-17-38-29-41(24-21-37(38)28-36)49(42-25-26-44-39(30-42)18-14-32-8-3-4-10-43(32)44)40-22-19-33(20-23-40)47-48-45-11-5-6-12-46(45)50-47/h1-30H. The second kappa shape index (κ2) is 11.5. The highest BCUT2D eigenvalue weighted by Gasteiger charge is 2.16. The number of fused-ring (bicyclic) bond motifs is 6. The molecule has 3 nitrogen and oxygen atoms in total. The first-order chi connectivity index (χ1) is 24.7. The summed E-state index contributed by atoms with van der Waals surface area (Å²) in [6.07, 6.45) is 0. The van der Waals surface area contributed by atoms with E-state index in [2.05, 4.69) is 163 Å². The second-order valence-corrected chi connectivity index (χ2v) is 12.9. The van der Waals surface area contributed by atoms with Crippen molar-refractivity contribution in [3.05, 3.63) is 182 Å². The van der Waals surface area contributed by atoms with E-state index in [9.17, 15) is 0 Å². The third-order valence-electron chi connectivity index (χ3n) is 9.82. The molecule has 9 aromatic carbocycles. The molecule has 0 amide bonds. The summed E-state index contributed by atoms with van der Waals surface area (Å²) in [5.74, 6) is 0.620. The van der Waals surface area contributed by atoms with Crippen molar-refractivity contribution in [2.75, 3.05) is 4.90 Å². The largest absolute Gasteiger partial charge is 0.436 e. The van der Waals surface area contributed by atoms with Crippen molar-refractivity contribution < 1.29 is 4.42 Å². The van der Waals surface area contributed by atoms with E-state index in [-0.39, 0.29) is 0 Å². The van der Waals surface area contributed by atoms with Gasteiger partial charge in [-0.3, -0.25) is 0 Å². The fourth-order valence-electron chi connectivity index (χ4n) is 7.26. The van der Waals surface area contributed by atoms with E-state index in [1.165, 1.54) is 54.2 Å². The maximum atomic E-state index is 6.09. The highest BCUT2D eigenvalue weighted by molar-refractivity contribution is 6.08. The van der Waals surface area contributed by atoms with Gasteiger partial charge >= 0.3 is 0 Å². The minimum Gasteiger partial charge on any atom is -0.436 e. The fraction of sp³-hybridized carbons (Fsp3) is 0. The monoisotopic (exact) mass is 638 g/mol. The molecule has 10 aromatic rings. The molecule has 0 unspecified atom stereocenters. The van der Waals surface area contributed by atoms with Gasteiger partial charge in [-0.15, -0.1) is 0 Å². The molecule has 234 valence electrons. The van der Waals surface area contributed by atoms with Crippen LogP contribution in [-0.4, -0.2) is 4.98 Å². The zero-order valence-electron chi connectivity index (χ0n) is 27.1. The van der Waals surface area contributed by atoms with Crippen LogP contribution in [-0.2, 0) is 0 Å². The molecule has 3 heteroatoms. The summed E-state index contributed by atoms with van der Waals surface area (Å²) in [5.41, 5.74) is 8.25. The average Bonchev–Trinajstić information content (AvgIpc) is 3.62. The number of anilines is 3. The Kier molecular flexibility index (Phi) is 6.49. The quantitative estimate of drug-likeness (QED) is 0.176. The Morgan fingerprint density at radius 3 is 1.70 bits per heavy atom. The molecule has 0 bridgehead atoms. The summed E-state index contributed by atoms with van der Waals surface area (Å²) < 4.78 is 6.09. The molecule has 1 aromatic heterocycles. The molecule has 0 aliphatic carbocycles. The molecule has 0 N–H and O–H groups in total. The van der Waals surface area contributed by atoms with Gasteiger partial charge in [0.05, 0.1) is 0 Å². The van der Waals surface area contributed by atoms with Crippen LogP contribution in [0.4, 0.5) is 17.1 Å². The van der Waals surface area contributed by atoms with E-state index in [0.717, 1.165) is 33.7 Å². The van der Waals surface area contributed by atoms with Crippen LogP contribution < -0.4 is 4.90 Å². The number of hydrogen-bond acceptors (Lipinski definition) is 3. The number of para-hydroxylation sites is 2. The van der Waals surface area contributed by atoms with Crippen LogP contribution in [0.2, 0.25) is 0 Å². The van der Waals surface area contributed by atoms with Gasteiger partial charge in [0, 0.05) is 22.6 Å². The van der Waals surface area contributed by atoms with Crippen molar-refractivity contribution in [3.8, 4) is 22.6 Å².